The van der Waals surface area contributed by atoms with Gasteiger partial charge in [-0.2, -0.15) is 0 Å². The first-order valence-electron chi connectivity index (χ1n) is 7.26. The summed E-state index contributed by atoms with van der Waals surface area (Å²) in [4.78, 5) is 13.5. The maximum atomic E-state index is 4.68. The number of anilines is 1. The van der Waals surface area contributed by atoms with Gasteiger partial charge in [-0.1, -0.05) is 22.9 Å². The Morgan fingerprint density at radius 2 is 2.00 bits per heavy atom. The number of nitrogens with zero attached hydrogens (tertiary/aromatic N) is 4. The lowest BCUT2D eigenvalue weighted by Crippen LogP contribution is -2.08. The Hall–Kier alpha value is -1.95. The van der Waals surface area contributed by atoms with Gasteiger partial charge in [0.05, 0.1) is 17.6 Å². The standard InChI is InChI=1S/C16H18BrN5/c1-4-12-8-15(20-10(2)19-12)18-9-16-21-13-7-11(17)5-6-14(13)22(16)3/h5-8H,4,9H2,1-3H3,(H,18,19,20). The highest BCUT2D eigenvalue weighted by molar-refractivity contribution is 9.10. The van der Waals surface area contributed by atoms with Crippen LogP contribution < -0.4 is 5.32 Å². The van der Waals surface area contributed by atoms with E-state index >= 15 is 0 Å². The number of nitrogens with one attached hydrogen (secondary N) is 1. The molecule has 1 N–H and O–H groups in total. The minimum atomic E-state index is 0.627. The van der Waals surface area contributed by atoms with Gasteiger partial charge in [0, 0.05) is 23.3 Å². The van der Waals surface area contributed by atoms with Crippen LogP contribution in [0.5, 0.6) is 0 Å². The quantitative estimate of drug-likeness (QED) is 0.772. The van der Waals surface area contributed by atoms with Gasteiger partial charge >= 0.3 is 0 Å². The zero-order chi connectivity index (χ0) is 15.7. The molecule has 3 aromatic rings. The molecule has 22 heavy (non-hydrogen) atoms. The van der Waals surface area contributed by atoms with Crippen molar-refractivity contribution in [3.8, 4) is 0 Å². The smallest absolute Gasteiger partial charge is 0.130 e. The second-order valence-electron chi connectivity index (χ2n) is 5.22. The van der Waals surface area contributed by atoms with Crippen molar-refractivity contribution in [2.24, 2.45) is 7.05 Å². The minimum absolute atomic E-state index is 0.627. The topological polar surface area (TPSA) is 55.6 Å². The third-order valence-electron chi connectivity index (χ3n) is 3.62. The number of hydrogen-bond acceptors (Lipinski definition) is 4. The van der Waals surface area contributed by atoms with E-state index in [1.54, 1.807) is 0 Å². The monoisotopic (exact) mass is 359 g/mol. The van der Waals surface area contributed by atoms with Gasteiger partial charge in [-0.05, 0) is 31.5 Å². The highest BCUT2D eigenvalue weighted by Crippen LogP contribution is 2.20. The van der Waals surface area contributed by atoms with Crippen LogP contribution in [0.4, 0.5) is 5.82 Å². The first-order valence-corrected chi connectivity index (χ1v) is 8.05. The molecule has 114 valence electrons. The molecule has 0 aliphatic heterocycles. The normalized spacial score (nSPS) is 11.1. The Balaban J connectivity index is 1.85. The van der Waals surface area contributed by atoms with Gasteiger partial charge < -0.3 is 9.88 Å². The van der Waals surface area contributed by atoms with Gasteiger partial charge in [-0.15, -0.1) is 0 Å². The van der Waals surface area contributed by atoms with E-state index in [-0.39, 0.29) is 0 Å². The number of imidazole rings is 1. The van der Waals surface area contributed by atoms with Crippen LogP contribution in [0, 0.1) is 6.92 Å². The van der Waals surface area contributed by atoms with E-state index in [9.17, 15) is 0 Å². The first kappa shape index (κ1) is 15.0. The minimum Gasteiger partial charge on any atom is -0.363 e. The zero-order valence-corrected chi connectivity index (χ0v) is 14.5. The maximum absolute atomic E-state index is 4.68. The first-order chi connectivity index (χ1) is 10.6. The number of hydrogen-bond donors (Lipinski definition) is 1. The molecule has 2 heterocycles. The molecule has 0 atom stereocenters. The fourth-order valence-electron chi connectivity index (χ4n) is 2.45. The molecule has 2 aromatic heterocycles. The van der Waals surface area contributed by atoms with Gasteiger partial charge in [-0.3, -0.25) is 0 Å². The maximum Gasteiger partial charge on any atom is 0.130 e. The van der Waals surface area contributed by atoms with Crippen LogP contribution in [0.15, 0.2) is 28.7 Å². The van der Waals surface area contributed by atoms with Gasteiger partial charge in [-0.25, -0.2) is 15.0 Å². The summed E-state index contributed by atoms with van der Waals surface area (Å²) in [5.41, 5.74) is 3.15. The molecule has 0 fully saturated rings. The van der Waals surface area contributed by atoms with Crippen LogP contribution >= 0.6 is 15.9 Å². The fraction of sp³-hybridized carbons (Fsp3) is 0.312. The molecule has 5 nitrogen and oxygen atoms in total. The Bertz CT molecular complexity index is 825. The van der Waals surface area contributed by atoms with Gasteiger partial charge in [0.15, 0.2) is 0 Å². The van der Waals surface area contributed by atoms with Crippen molar-refractivity contribution in [2.75, 3.05) is 5.32 Å². The van der Waals surface area contributed by atoms with E-state index < -0.39 is 0 Å². The molecular weight excluding hydrogens is 342 g/mol. The summed E-state index contributed by atoms with van der Waals surface area (Å²) in [6, 6.07) is 8.12. The largest absolute Gasteiger partial charge is 0.363 e. The lowest BCUT2D eigenvalue weighted by molar-refractivity contribution is 0.828. The number of fused-ring (bicyclic) bond motifs is 1. The summed E-state index contributed by atoms with van der Waals surface area (Å²) in [6.07, 6.45) is 0.901. The Labute approximate surface area is 137 Å². The third kappa shape index (κ3) is 2.97. The molecular formula is C16H18BrN5. The highest BCUT2D eigenvalue weighted by Gasteiger charge is 2.08. The van der Waals surface area contributed by atoms with Gasteiger partial charge in [0.1, 0.15) is 17.5 Å². The predicted octanol–water partition coefficient (Wildman–Crippen LogP) is 3.61. The van der Waals surface area contributed by atoms with Crippen LogP contribution in [-0.4, -0.2) is 19.5 Å². The summed E-state index contributed by atoms with van der Waals surface area (Å²) in [5.74, 6) is 2.61. The van der Waals surface area contributed by atoms with Crippen molar-refractivity contribution in [2.45, 2.75) is 26.8 Å². The number of benzene rings is 1. The summed E-state index contributed by atoms with van der Waals surface area (Å²) < 4.78 is 3.14. The van der Waals surface area contributed by atoms with Crippen molar-refractivity contribution < 1.29 is 0 Å². The molecule has 0 aliphatic carbocycles. The summed E-state index contributed by atoms with van der Waals surface area (Å²) in [5, 5.41) is 3.35. The van der Waals surface area contributed by atoms with Gasteiger partial charge in [0.25, 0.3) is 0 Å². The van der Waals surface area contributed by atoms with Crippen LogP contribution in [0.1, 0.15) is 24.3 Å². The number of aryl methyl sites for hydroxylation is 3. The SMILES string of the molecule is CCc1cc(NCc2nc3cc(Br)ccc3n2C)nc(C)n1. The molecule has 0 aliphatic rings. The summed E-state index contributed by atoms with van der Waals surface area (Å²) >= 11 is 3.48. The van der Waals surface area contributed by atoms with Crippen molar-refractivity contribution in [1.29, 1.82) is 0 Å². The third-order valence-corrected chi connectivity index (χ3v) is 4.11. The molecule has 0 spiro atoms. The molecule has 0 amide bonds. The highest BCUT2D eigenvalue weighted by atomic mass is 79.9. The average molecular weight is 360 g/mol. The van der Waals surface area contributed by atoms with Crippen LogP contribution in [0.2, 0.25) is 0 Å². The lowest BCUT2D eigenvalue weighted by atomic mass is 10.3. The van der Waals surface area contributed by atoms with Crippen molar-refractivity contribution >= 4 is 32.8 Å². The Morgan fingerprint density at radius 3 is 2.77 bits per heavy atom. The second kappa shape index (κ2) is 6.04. The van der Waals surface area contributed by atoms with Crippen LogP contribution in [0.3, 0.4) is 0 Å². The molecule has 0 unspecified atom stereocenters. The van der Waals surface area contributed by atoms with E-state index in [4.69, 9.17) is 0 Å². The molecule has 3 rings (SSSR count). The molecule has 0 saturated heterocycles. The van der Waals surface area contributed by atoms with Crippen molar-refractivity contribution in [1.82, 2.24) is 19.5 Å². The van der Waals surface area contributed by atoms with E-state index in [0.29, 0.717) is 6.54 Å². The molecule has 0 saturated carbocycles. The lowest BCUT2D eigenvalue weighted by Gasteiger charge is -2.08. The summed E-state index contributed by atoms with van der Waals surface area (Å²) in [7, 11) is 2.03. The van der Waals surface area contributed by atoms with E-state index in [0.717, 1.165) is 45.1 Å². The van der Waals surface area contributed by atoms with E-state index in [1.807, 2.05) is 32.2 Å². The van der Waals surface area contributed by atoms with E-state index in [2.05, 4.69) is 53.8 Å². The van der Waals surface area contributed by atoms with Crippen LogP contribution in [0.25, 0.3) is 11.0 Å². The van der Waals surface area contributed by atoms with Crippen molar-refractivity contribution in [3.05, 3.63) is 46.1 Å². The Kier molecular flexibility index (Phi) is 4.11. The fourth-order valence-corrected chi connectivity index (χ4v) is 2.80. The molecule has 6 heteroatoms. The molecule has 0 radical (unpaired) electrons. The number of aromatic nitrogens is 4. The van der Waals surface area contributed by atoms with E-state index in [1.165, 1.54) is 0 Å². The van der Waals surface area contributed by atoms with Crippen LogP contribution in [-0.2, 0) is 20.0 Å². The molecule has 1 aromatic carbocycles. The average Bonchev–Trinajstić information content (AvgIpc) is 2.80. The predicted molar refractivity (Wildman–Crippen MR) is 91.9 cm³/mol. The zero-order valence-electron chi connectivity index (χ0n) is 12.9. The number of halogens is 1. The summed E-state index contributed by atoms with van der Waals surface area (Å²) in [6.45, 7) is 4.63. The van der Waals surface area contributed by atoms with Crippen molar-refractivity contribution in [3.63, 3.8) is 0 Å². The van der Waals surface area contributed by atoms with Gasteiger partial charge in [0.2, 0.25) is 0 Å². The molecule has 0 bridgehead atoms. The Morgan fingerprint density at radius 1 is 1.18 bits per heavy atom. The second-order valence-corrected chi connectivity index (χ2v) is 6.13. The number of rotatable bonds is 4.